The second-order valence-electron chi connectivity index (χ2n) is 6.82. The van der Waals surface area contributed by atoms with Crippen molar-refractivity contribution in [2.24, 2.45) is 0 Å². The zero-order chi connectivity index (χ0) is 15.7. The van der Waals surface area contributed by atoms with E-state index in [2.05, 4.69) is 31.2 Å². The maximum absolute atomic E-state index is 11.7. The normalized spacial score (nSPS) is 34.6. The lowest BCUT2D eigenvalue weighted by Crippen LogP contribution is -3.29. The average Bonchev–Trinajstić information content (AvgIpc) is 2.73. The first kappa shape index (κ1) is 15.9. The van der Waals surface area contributed by atoms with Gasteiger partial charge in [0.15, 0.2) is 9.84 Å². The summed E-state index contributed by atoms with van der Waals surface area (Å²) in [4.78, 5) is 2.81. The summed E-state index contributed by atoms with van der Waals surface area (Å²) in [6.45, 7) is 7.10. The summed E-state index contributed by atoms with van der Waals surface area (Å²) in [6.07, 6.45) is -0.682. The van der Waals surface area contributed by atoms with Crippen LogP contribution in [-0.4, -0.2) is 63.4 Å². The highest BCUT2D eigenvalue weighted by molar-refractivity contribution is 7.91. The highest BCUT2D eigenvalue weighted by Crippen LogP contribution is 2.10. The van der Waals surface area contributed by atoms with Crippen molar-refractivity contribution in [2.75, 3.05) is 37.7 Å². The van der Waals surface area contributed by atoms with Gasteiger partial charge in [-0.3, -0.25) is 0 Å². The summed E-state index contributed by atoms with van der Waals surface area (Å²) < 4.78 is 23.3. The second-order valence-corrected chi connectivity index (χ2v) is 8.98. The molecule has 0 saturated carbocycles. The third kappa shape index (κ3) is 3.68. The molecule has 0 radical (unpaired) electrons. The highest BCUT2D eigenvalue weighted by Gasteiger charge is 2.44. The van der Waals surface area contributed by atoms with Gasteiger partial charge in [0.05, 0.1) is 5.75 Å². The predicted molar refractivity (Wildman–Crippen MR) is 84.7 cm³/mol. The Hall–Kier alpha value is -0.950. The zero-order valence-electron chi connectivity index (χ0n) is 13.1. The number of aliphatic hydroxyl groups is 1. The van der Waals surface area contributed by atoms with E-state index in [0.29, 0.717) is 0 Å². The fourth-order valence-corrected chi connectivity index (χ4v) is 5.70. The Morgan fingerprint density at radius 1 is 1.18 bits per heavy atom. The number of sulfone groups is 1. The van der Waals surface area contributed by atoms with Crippen molar-refractivity contribution in [3.05, 3.63) is 35.4 Å². The number of rotatable bonds is 3. The number of aryl methyl sites for hydroxylation is 1. The van der Waals surface area contributed by atoms with Crippen molar-refractivity contribution >= 4 is 9.84 Å². The Kier molecular flexibility index (Phi) is 4.54. The molecule has 6 heteroatoms. The van der Waals surface area contributed by atoms with Gasteiger partial charge in [-0.05, 0) is 6.92 Å². The molecule has 0 spiro atoms. The largest absolute Gasteiger partial charge is 0.386 e. The molecule has 1 aromatic carbocycles. The van der Waals surface area contributed by atoms with E-state index in [1.807, 2.05) is 0 Å². The lowest BCUT2D eigenvalue weighted by Gasteiger charge is -2.33. The highest BCUT2D eigenvalue weighted by atomic mass is 32.2. The van der Waals surface area contributed by atoms with Crippen molar-refractivity contribution in [3.8, 4) is 0 Å². The first-order valence-electron chi connectivity index (χ1n) is 8.05. The SMILES string of the molecule is Cc1cccc(C[NH+]2CC[NH+]([C@H]3CS(=O)(=O)C[C@H]3O)CC2)c1. The molecule has 2 fully saturated rings. The number of hydrogen-bond acceptors (Lipinski definition) is 3. The predicted octanol–water partition coefficient (Wildman–Crippen LogP) is -2.56. The van der Waals surface area contributed by atoms with Gasteiger partial charge in [0.2, 0.25) is 0 Å². The van der Waals surface area contributed by atoms with E-state index in [1.165, 1.54) is 16.0 Å². The zero-order valence-corrected chi connectivity index (χ0v) is 13.9. The Balaban J connectivity index is 1.54. The molecule has 3 rings (SSSR count). The molecule has 0 aromatic heterocycles. The molecule has 122 valence electrons. The van der Waals surface area contributed by atoms with E-state index in [4.69, 9.17) is 0 Å². The van der Waals surface area contributed by atoms with Crippen LogP contribution in [0.3, 0.4) is 0 Å². The van der Waals surface area contributed by atoms with Gasteiger partial charge in [0.1, 0.15) is 50.6 Å². The van der Waals surface area contributed by atoms with Gasteiger partial charge in [-0.25, -0.2) is 8.42 Å². The van der Waals surface area contributed by atoms with Crippen LogP contribution in [-0.2, 0) is 16.4 Å². The van der Waals surface area contributed by atoms with Crippen molar-refractivity contribution in [1.82, 2.24) is 0 Å². The molecule has 0 amide bonds. The lowest BCUT2D eigenvalue weighted by molar-refractivity contribution is -1.03. The van der Waals surface area contributed by atoms with Crippen LogP contribution in [0.4, 0.5) is 0 Å². The summed E-state index contributed by atoms with van der Waals surface area (Å²) in [6, 6.07) is 8.51. The van der Waals surface area contributed by atoms with Crippen LogP contribution in [0.5, 0.6) is 0 Å². The van der Waals surface area contributed by atoms with Crippen LogP contribution in [0.25, 0.3) is 0 Å². The van der Waals surface area contributed by atoms with Crippen LogP contribution >= 0.6 is 0 Å². The quantitative estimate of drug-likeness (QED) is 0.573. The van der Waals surface area contributed by atoms with E-state index >= 15 is 0 Å². The fourth-order valence-electron chi connectivity index (χ4n) is 3.80. The number of piperazine rings is 1. The molecule has 2 aliphatic rings. The molecule has 2 aliphatic heterocycles. The van der Waals surface area contributed by atoms with E-state index in [9.17, 15) is 13.5 Å². The molecule has 0 aliphatic carbocycles. The van der Waals surface area contributed by atoms with Gasteiger partial charge in [-0.2, -0.15) is 0 Å². The Morgan fingerprint density at radius 3 is 2.50 bits per heavy atom. The molecule has 0 bridgehead atoms. The number of benzene rings is 1. The van der Waals surface area contributed by atoms with Crippen LogP contribution in [0.2, 0.25) is 0 Å². The summed E-state index contributed by atoms with van der Waals surface area (Å²) in [5, 5.41) is 10.0. The Morgan fingerprint density at radius 2 is 1.91 bits per heavy atom. The van der Waals surface area contributed by atoms with Gasteiger partial charge >= 0.3 is 0 Å². The molecule has 0 unspecified atom stereocenters. The molecule has 22 heavy (non-hydrogen) atoms. The maximum Gasteiger partial charge on any atom is 0.159 e. The lowest BCUT2D eigenvalue weighted by atomic mass is 10.1. The summed E-state index contributed by atoms with van der Waals surface area (Å²) >= 11 is 0. The molecule has 2 heterocycles. The van der Waals surface area contributed by atoms with Crippen LogP contribution in [0.1, 0.15) is 11.1 Å². The van der Waals surface area contributed by atoms with Crippen molar-refractivity contribution in [2.45, 2.75) is 25.6 Å². The Labute approximate surface area is 132 Å². The first-order chi connectivity index (χ1) is 10.4. The minimum atomic E-state index is -3.04. The molecule has 5 nitrogen and oxygen atoms in total. The molecule has 1 aromatic rings. The van der Waals surface area contributed by atoms with Crippen LogP contribution < -0.4 is 9.80 Å². The van der Waals surface area contributed by atoms with E-state index in [0.717, 1.165) is 32.7 Å². The number of hydrogen-bond donors (Lipinski definition) is 3. The second kappa shape index (κ2) is 6.28. The number of nitrogens with one attached hydrogen (secondary N) is 2. The molecule has 2 atom stereocenters. The summed E-state index contributed by atoms with van der Waals surface area (Å²) in [7, 11) is -3.04. The van der Waals surface area contributed by atoms with Crippen LogP contribution in [0, 0.1) is 6.92 Å². The van der Waals surface area contributed by atoms with Gasteiger partial charge in [-0.1, -0.05) is 29.8 Å². The topological polar surface area (TPSA) is 63.2 Å². The third-order valence-corrected chi connectivity index (χ3v) is 6.70. The monoisotopic (exact) mass is 326 g/mol. The van der Waals surface area contributed by atoms with Crippen molar-refractivity contribution in [1.29, 1.82) is 0 Å². The minimum absolute atomic E-state index is 0.0545. The molecular weight excluding hydrogens is 300 g/mol. The summed E-state index contributed by atoms with van der Waals surface area (Å²) in [5.74, 6) is 0.0950. The molecule has 3 N–H and O–H groups in total. The third-order valence-electron chi connectivity index (χ3n) is 4.98. The molecular formula is C16H26N2O3S+2. The summed E-state index contributed by atoms with van der Waals surface area (Å²) in [5.41, 5.74) is 2.65. The van der Waals surface area contributed by atoms with E-state index < -0.39 is 15.9 Å². The van der Waals surface area contributed by atoms with Gasteiger partial charge in [-0.15, -0.1) is 0 Å². The van der Waals surface area contributed by atoms with E-state index in [-0.39, 0.29) is 17.5 Å². The maximum atomic E-state index is 11.7. The van der Waals surface area contributed by atoms with Crippen LogP contribution in [0.15, 0.2) is 24.3 Å². The Bertz CT molecular complexity index is 624. The number of aliphatic hydroxyl groups excluding tert-OH is 1. The minimum Gasteiger partial charge on any atom is -0.386 e. The van der Waals surface area contributed by atoms with Crippen molar-refractivity contribution in [3.63, 3.8) is 0 Å². The fraction of sp³-hybridized carbons (Fsp3) is 0.625. The first-order valence-corrected chi connectivity index (χ1v) is 9.87. The van der Waals surface area contributed by atoms with Crippen molar-refractivity contribution < 1.29 is 23.3 Å². The standard InChI is InChI=1S/C16H24N2O3S/c1-13-3-2-4-14(9-13)10-17-5-7-18(8-6-17)15-11-22(20,21)12-16(15)19/h2-4,9,15-16,19H,5-8,10-12H2,1H3/p+2/t15-,16+/m0/s1. The average molecular weight is 326 g/mol. The van der Waals surface area contributed by atoms with Gasteiger partial charge < -0.3 is 14.9 Å². The number of quaternary nitrogens is 2. The van der Waals surface area contributed by atoms with Gasteiger partial charge in [0, 0.05) is 5.56 Å². The van der Waals surface area contributed by atoms with E-state index in [1.54, 1.807) is 4.90 Å². The smallest absolute Gasteiger partial charge is 0.159 e. The van der Waals surface area contributed by atoms with Gasteiger partial charge in [0.25, 0.3) is 0 Å². The molecule has 2 saturated heterocycles.